The average Bonchev–Trinajstić information content (AvgIpc) is 3.27. The van der Waals surface area contributed by atoms with E-state index in [-0.39, 0.29) is 12.5 Å². The topological polar surface area (TPSA) is 78.0 Å². The molecule has 0 saturated heterocycles. The van der Waals surface area contributed by atoms with Gasteiger partial charge in [0.05, 0.1) is 19.9 Å². The Morgan fingerprint density at radius 2 is 1.74 bits per heavy atom. The maximum absolute atomic E-state index is 12.8. The Morgan fingerprint density at radius 1 is 1.06 bits per heavy atom. The Bertz CT molecular complexity index is 1200. The zero-order chi connectivity index (χ0) is 24.2. The molecular formula is C26H28N2O5S. The summed E-state index contributed by atoms with van der Waals surface area (Å²) in [5.74, 6) is 0.549. The molecule has 1 aliphatic rings. The number of thiazole rings is 1. The molecule has 0 spiro atoms. The number of aromatic nitrogens is 1. The summed E-state index contributed by atoms with van der Waals surface area (Å²) in [7, 11) is 3.19. The number of amides is 1. The number of rotatable bonds is 7. The van der Waals surface area contributed by atoms with Gasteiger partial charge in [0.15, 0.2) is 18.1 Å². The quantitative estimate of drug-likeness (QED) is 0.465. The lowest BCUT2D eigenvalue weighted by Gasteiger charge is -2.29. The number of hydrogen-bond donors (Lipinski definition) is 0. The highest BCUT2D eigenvalue weighted by Gasteiger charge is 2.25. The minimum atomic E-state index is -0.524. The lowest BCUT2D eigenvalue weighted by atomic mass is 9.99. The van der Waals surface area contributed by atoms with E-state index in [2.05, 4.69) is 24.0 Å². The van der Waals surface area contributed by atoms with Crippen molar-refractivity contribution in [1.82, 2.24) is 9.88 Å². The Hall–Kier alpha value is -3.39. The van der Waals surface area contributed by atoms with Gasteiger partial charge in [0.25, 0.3) is 5.91 Å². The SMILES string of the molecule is CCc1ccc(-c2nc(C)c(C(=O)OCC(=O)N3CCc4cc(OC)c(OC)cc4C3)s2)cc1. The molecule has 1 amide bonds. The molecule has 178 valence electrons. The average molecular weight is 481 g/mol. The van der Waals surface area contributed by atoms with Gasteiger partial charge < -0.3 is 19.1 Å². The summed E-state index contributed by atoms with van der Waals surface area (Å²) >= 11 is 1.28. The van der Waals surface area contributed by atoms with Crippen LogP contribution in [0.3, 0.4) is 0 Å². The van der Waals surface area contributed by atoms with Gasteiger partial charge >= 0.3 is 5.97 Å². The van der Waals surface area contributed by atoms with Crippen LogP contribution in [-0.4, -0.2) is 49.1 Å². The zero-order valence-electron chi connectivity index (χ0n) is 19.8. The van der Waals surface area contributed by atoms with Crippen LogP contribution in [0.1, 0.15) is 39.0 Å². The van der Waals surface area contributed by atoms with Crippen molar-refractivity contribution in [2.24, 2.45) is 0 Å². The first kappa shape index (κ1) is 23.8. The number of aryl methyl sites for hydroxylation is 2. The first-order valence-corrected chi connectivity index (χ1v) is 12.0. The maximum atomic E-state index is 12.8. The third-order valence-electron chi connectivity index (χ3n) is 5.99. The van der Waals surface area contributed by atoms with Crippen molar-refractivity contribution < 1.29 is 23.8 Å². The Balaban J connectivity index is 1.39. The van der Waals surface area contributed by atoms with Crippen molar-refractivity contribution in [2.45, 2.75) is 33.2 Å². The molecule has 7 nitrogen and oxygen atoms in total. The van der Waals surface area contributed by atoms with Crippen LogP contribution in [0.4, 0.5) is 0 Å². The van der Waals surface area contributed by atoms with Gasteiger partial charge in [-0.2, -0.15) is 0 Å². The van der Waals surface area contributed by atoms with Gasteiger partial charge in [-0.25, -0.2) is 9.78 Å². The summed E-state index contributed by atoms with van der Waals surface area (Å²) in [5, 5.41) is 0.760. The van der Waals surface area contributed by atoms with E-state index in [0.717, 1.165) is 28.1 Å². The number of carbonyl (C=O) groups is 2. The third kappa shape index (κ3) is 4.92. The van der Waals surface area contributed by atoms with E-state index in [1.165, 1.54) is 16.9 Å². The highest BCUT2D eigenvalue weighted by Crippen LogP contribution is 2.33. The summed E-state index contributed by atoms with van der Waals surface area (Å²) in [4.78, 5) is 32.1. The van der Waals surface area contributed by atoms with Crippen molar-refractivity contribution in [1.29, 1.82) is 0 Å². The predicted octanol–water partition coefficient (Wildman–Crippen LogP) is 4.44. The van der Waals surface area contributed by atoms with Gasteiger partial charge in [0, 0.05) is 18.7 Å². The second-order valence-electron chi connectivity index (χ2n) is 8.10. The van der Waals surface area contributed by atoms with Gasteiger partial charge in [0.1, 0.15) is 9.88 Å². The molecule has 2 heterocycles. The molecule has 0 atom stereocenters. The van der Waals surface area contributed by atoms with E-state index in [4.69, 9.17) is 14.2 Å². The lowest BCUT2D eigenvalue weighted by molar-refractivity contribution is -0.135. The summed E-state index contributed by atoms with van der Waals surface area (Å²) < 4.78 is 16.1. The highest BCUT2D eigenvalue weighted by atomic mass is 32.1. The molecule has 0 saturated carbocycles. The fourth-order valence-corrected chi connectivity index (χ4v) is 4.94. The number of nitrogens with zero attached hydrogens (tertiary/aromatic N) is 2. The van der Waals surface area contributed by atoms with Crippen molar-refractivity contribution in [3.8, 4) is 22.1 Å². The molecule has 34 heavy (non-hydrogen) atoms. The number of esters is 1. The number of hydrogen-bond acceptors (Lipinski definition) is 7. The minimum absolute atomic E-state index is 0.230. The molecular weight excluding hydrogens is 452 g/mol. The maximum Gasteiger partial charge on any atom is 0.350 e. The monoisotopic (exact) mass is 480 g/mol. The van der Waals surface area contributed by atoms with E-state index in [0.29, 0.717) is 41.6 Å². The van der Waals surface area contributed by atoms with E-state index in [1.807, 2.05) is 24.3 Å². The van der Waals surface area contributed by atoms with Crippen molar-refractivity contribution in [3.63, 3.8) is 0 Å². The number of benzene rings is 2. The van der Waals surface area contributed by atoms with Crippen LogP contribution in [0.2, 0.25) is 0 Å². The van der Waals surface area contributed by atoms with Gasteiger partial charge in [-0.15, -0.1) is 11.3 Å². The Kier molecular flexibility index (Phi) is 7.17. The fourth-order valence-electron chi connectivity index (χ4n) is 3.97. The van der Waals surface area contributed by atoms with Crippen molar-refractivity contribution >= 4 is 23.2 Å². The normalized spacial score (nSPS) is 12.8. The van der Waals surface area contributed by atoms with Gasteiger partial charge in [0.2, 0.25) is 0 Å². The Labute approximate surface area is 203 Å². The molecule has 0 unspecified atom stereocenters. The van der Waals surface area contributed by atoms with Gasteiger partial charge in [-0.3, -0.25) is 4.79 Å². The number of carbonyl (C=O) groups excluding carboxylic acids is 2. The number of fused-ring (bicyclic) bond motifs is 1. The molecule has 3 aromatic rings. The second kappa shape index (κ2) is 10.3. The van der Waals surface area contributed by atoms with Crippen LogP contribution in [0, 0.1) is 6.92 Å². The molecule has 0 radical (unpaired) electrons. The largest absolute Gasteiger partial charge is 0.493 e. The summed E-state index contributed by atoms with van der Waals surface area (Å²) in [6, 6.07) is 12.0. The molecule has 0 aliphatic carbocycles. The van der Waals surface area contributed by atoms with Crippen LogP contribution < -0.4 is 9.47 Å². The second-order valence-corrected chi connectivity index (χ2v) is 9.10. The number of methoxy groups -OCH3 is 2. The van der Waals surface area contributed by atoms with E-state index in [1.54, 1.807) is 26.0 Å². The van der Waals surface area contributed by atoms with Gasteiger partial charge in [-0.05, 0) is 48.6 Å². The predicted molar refractivity (Wildman–Crippen MR) is 131 cm³/mol. The molecule has 0 fully saturated rings. The first-order chi connectivity index (χ1) is 16.4. The number of ether oxygens (including phenoxy) is 3. The first-order valence-electron chi connectivity index (χ1n) is 11.2. The van der Waals surface area contributed by atoms with Crippen LogP contribution in [0.5, 0.6) is 11.5 Å². The molecule has 0 N–H and O–H groups in total. The van der Waals surface area contributed by atoms with E-state index >= 15 is 0 Å². The molecule has 0 bridgehead atoms. The molecule has 1 aromatic heterocycles. The summed E-state index contributed by atoms with van der Waals surface area (Å²) in [6.07, 6.45) is 1.66. The highest BCUT2D eigenvalue weighted by molar-refractivity contribution is 7.17. The zero-order valence-corrected chi connectivity index (χ0v) is 20.7. The van der Waals surface area contributed by atoms with E-state index in [9.17, 15) is 9.59 Å². The van der Waals surface area contributed by atoms with Crippen LogP contribution in [0.25, 0.3) is 10.6 Å². The fraction of sp³-hybridized carbons (Fsp3) is 0.346. The minimum Gasteiger partial charge on any atom is -0.493 e. The molecule has 8 heteroatoms. The molecule has 4 rings (SSSR count). The van der Waals surface area contributed by atoms with E-state index < -0.39 is 5.97 Å². The Morgan fingerprint density at radius 3 is 2.38 bits per heavy atom. The standard InChI is InChI=1S/C26H28N2O5S/c1-5-17-6-8-18(9-7-17)25-27-16(2)24(34-25)26(30)33-15-23(29)28-11-10-19-12-21(31-3)22(32-4)13-20(19)14-28/h6-9,12-13H,5,10-11,14-15H2,1-4H3. The van der Waals surface area contributed by atoms with Crippen molar-refractivity contribution in [3.05, 3.63) is 63.7 Å². The van der Waals surface area contributed by atoms with Crippen LogP contribution in [-0.2, 0) is 28.9 Å². The molecule has 1 aliphatic heterocycles. The lowest BCUT2D eigenvalue weighted by Crippen LogP contribution is -2.38. The van der Waals surface area contributed by atoms with Crippen LogP contribution in [0.15, 0.2) is 36.4 Å². The van der Waals surface area contributed by atoms with Gasteiger partial charge in [-0.1, -0.05) is 31.2 Å². The van der Waals surface area contributed by atoms with Crippen molar-refractivity contribution in [2.75, 3.05) is 27.4 Å². The summed E-state index contributed by atoms with van der Waals surface area (Å²) in [5.41, 5.74) is 4.93. The third-order valence-corrected chi connectivity index (χ3v) is 7.18. The smallest absolute Gasteiger partial charge is 0.350 e. The summed E-state index contributed by atoms with van der Waals surface area (Å²) in [6.45, 7) is 4.57. The molecule has 2 aromatic carbocycles. The van der Waals surface area contributed by atoms with Crippen LogP contribution >= 0.6 is 11.3 Å².